The first-order chi connectivity index (χ1) is 4.72. The first-order valence-corrected chi connectivity index (χ1v) is 3.66. The highest BCUT2D eigenvalue weighted by molar-refractivity contribution is 4.69. The molecule has 3 nitrogen and oxygen atoms in total. The lowest BCUT2D eigenvalue weighted by molar-refractivity contribution is -0.184. The lowest BCUT2D eigenvalue weighted by Crippen LogP contribution is -2.33. The lowest BCUT2D eigenvalue weighted by atomic mass is 9.97. The summed E-state index contributed by atoms with van der Waals surface area (Å²) in [6.07, 6.45) is 0.726. The Morgan fingerprint density at radius 2 is 2.20 bits per heavy atom. The first kappa shape index (κ1) is 7.98. The molecule has 0 aliphatic carbocycles. The van der Waals surface area contributed by atoms with E-state index in [1.54, 1.807) is 0 Å². The molecular weight excluding hydrogens is 132 g/mol. The van der Waals surface area contributed by atoms with Crippen molar-refractivity contribution in [2.24, 2.45) is 5.92 Å². The van der Waals surface area contributed by atoms with Crippen molar-refractivity contribution in [3.63, 3.8) is 0 Å². The molecule has 1 aliphatic heterocycles. The van der Waals surface area contributed by atoms with Crippen LogP contribution in [0.4, 0.5) is 0 Å². The topological polar surface area (TPSA) is 49.7 Å². The van der Waals surface area contributed by atoms with Gasteiger partial charge < -0.3 is 14.9 Å². The Labute approximate surface area is 60.6 Å². The van der Waals surface area contributed by atoms with Gasteiger partial charge in [0, 0.05) is 6.42 Å². The molecular formula is C7H14O3. The van der Waals surface area contributed by atoms with Gasteiger partial charge in [-0.2, -0.15) is 0 Å². The summed E-state index contributed by atoms with van der Waals surface area (Å²) in [7, 11) is 0. The molecule has 1 aliphatic rings. The number of hydrogen-bond acceptors (Lipinski definition) is 3. The number of rotatable bonds is 1. The SMILES string of the molecule is C[C@H]1C[C@@H](CO)O[C@@H](O)C1. The van der Waals surface area contributed by atoms with E-state index in [0.29, 0.717) is 12.3 Å². The molecule has 1 saturated heterocycles. The second-order valence-corrected chi connectivity index (χ2v) is 2.97. The van der Waals surface area contributed by atoms with Crippen LogP contribution in [0.2, 0.25) is 0 Å². The van der Waals surface area contributed by atoms with Crippen LogP contribution in [0.3, 0.4) is 0 Å². The Hall–Kier alpha value is -0.120. The summed E-state index contributed by atoms with van der Waals surface area (Å²) in [5.41, 5.74) is 0. The normalized spacial score (nSPS) is 41.7. The van der Waals surface area contributed by atoms with E-state index in [-0.39, 0.29) is 12.7 Å². The van der Waals surface area contributed by atoms with E-state index in [1.807, 2.05) is 0 Å². The predicted octanol–water partition coefficient (Wildman–Crippen LogP) is 0.112. The summed E-state index contributed by atoms with van der Waals surface area (Å²) in [5.74, 6) is 0.459. The van der Waals surface area contributed by atoms with Crippen LogP contribution < -0.4 is 0 Å². The average Bonchev–Trinajstić information content (AvgIpc) is 1.85. The van der Waals surface area contributed by atoms with Gasteiger partial charge in [-0.05, 0) is 12.3 Å². The maximum absolute atomic E-state index is 9.05. The minimum atomic E-state index is -0.666. The van der Waals surface area contributed by atoms with Crippen LogP contribution in [0, 0.1) is 5.92 Å². The van der Waals surface area contributed by atoms with Gasteiger partial charge in [-0.25, -0.2) is 0 Å². The molecule has 3 atom stereocenters. The van der Waals surface area contributed by atoms with Crippen molar-refractivity contribution < 1.29 is 14.9 Å². The van der Waals surface area contributed by atoms with Crippen molar-refractivity contribution in [3.05, 3.63) is 0 Å². The number of ether oxygens (including phenoxy) is 1. The van der Waals surface area contributed by atoms with Crippen molar-refractivity contribution in [1.82, 2.24) is 0 Å². The molecule has 2 N–H and O–H groups in total. The molecule has 0 radical (unpaired) electrons. The highest BCUT2D eigenvalue weighted by Crippen LogP contribution is 2.22. The second kappa shape index (κ2) is 3.32. The molecule has 60 valence electrons. The molecule has 0 unspecified atom stereocenters. The largest absolute Gasteiger partial charge is 0.394 e. The van der Waals surface area contributed by atoms with E-state index in [2.05, 4.69) is 6.92 Å². The monoisotopic (exact) mass is 146 g/mol. The Morgan fingerprint density at radius 3 is 2.70 bits per heavy atom. The van der Waals surface area contributed by atoms with Crippen molar-refractivity contribution in [2.45, 2.75) is 32.2 Å². The average molecular weight is 146 g/mol. The molecule has 0 saturated carbocycles. The van der Waals surface area contributed by atoms with Gasteiger partial charge in [0.05, 0.1) is 12.7 Å². The van der Waals surface area contributed by atoms with Crippen LogP contribution in [0.25, 0.3) is 0 Å². The van der Waals surface area contributed by atoms with E-state index in [1.165, 1.54) is 0 Å². The van der Waals surface area contributed by atoms with Crippen molar-refractivity contribution >= 4 is 0 Å². The van der Waals surface area contributed by atoms with E-state index in [9.17, 15) is 0 Å². The summed E-state index contributed by atoms with van der Waals surface area (Å²) in [4.78, 5) is 0. The fraction of sp³-hybridized carbons (Fsp3) is 1.00. The van der Waals surface area contributed by atoms with Gasteiger partial charge in [0.15, 0.2) is 6.29 Å². The van der Waals surface area contributed by atoms with Crippen molar-refractivity contribution in [1.29, 1.82) is 0 Å². The second-order valence-electron chi connectivity index (χ2n) is 2.97. The van der Waals surface area contributed by atoms with Gasteiger partial charge >= 0.3 is 0 Å². The molecule has 1 fully saturated rings. The number of aliphatic hydroxyl groups is 2. The van der Waals surface area contributed by atoms with Gasteiger partial charge in [0.25, 0.3) is 0 Å². The molecule has 1 heterocycles. The molecule has 0 aromatic rings. The van der Waals surface area contributed by atoms with E-state index in [0.717, 1.165) is 6.42 Å². The third-order valence-electron chi connectivity index (χ3n) is 1.82. The van der Waals surface area contributed by atoms with E-state index >= 15 is 0 Å². The highest BCUT2D eigenvalue weighted by Gasteiger charge is 2.24. The quantitative estimate of drug-likeness (QED) is 0.552. The maximum Gasteiger partial charge on any atom is 0.155 e. The number of hydrogen-bond donors (Lipinski definition) is 2. The molecule has 0 aromatic carbocycles. The Kier molecular flexibility index (Phi) is 2.65. The van der Waals surface area contributed by atoms with Crippen LogP contribution in [-0.2, 0) is 4.74 Å². The summed E-state index contributed by atoms with van der Waals surface area (Å²) in [6.45, 7) is 2.07. The standard InChI is InChI=1S/C7H14O3/c1-5-2-6(4-8)10-7(9)3-5/h5-9H,2-4H2,1H3/t5-,6-,7+/m0/s1. The summed E-state index contributed by atoms with van der Waals surface area (Å²) in [6, 6.07) is 0. The molecule has 0 spiro atoms. The van der Waals surface area contributed by atoms with Crippen LogP contribution in [0.1, 0.15) is 19.8 Å². The zero-order chi connectivity index (χ0) is 7.56. The third-order valence-corrected chi connectivity index (χ3v) is 1.82. The number of aliphatic hydroxyl groups excluding tert-OH is 2. The molecule has 1 rings (SSSR count). The predicted molar refractivity (Wildman–Crippen MR) is 36.4 cm³/mol. The molecule has 10 heavy (non-hydrogen) atoms. The summed E-state index contributed by atoms with van der Waals surface area (Å²) < 4.78 is 5.01. The van der Waals surface area contributed by atoms with Crippen molar-refractivity contribution in [3.8, 4) is 0 Å². The van der Waals surface area contributed by atoms with Gasteiger partial charge in [0.1, 0.15) is 0 Å². The van der Waals surface area contributed by atoms with Crippen molar-refractivity contribution in [2.75, 3.05) is 6.61 Å². The third kappa shape index (κ3) is 1.94. The lowest BCUT2D eigenvalue weighted by Gasteiger charge is -2.29. The summed E-state index contributed by atoms with van der Waals surface area (Å²) in [5, 5.41) is 17.7. The van der Waals surface area contributed by atoms with Crippen LogP contribution in [0.15, 0.2) is 0 Å². The Bertz CT molecular complexity index is 95.0. The van der Waals surface area contributed by atoms with Gasteiger partial charge in [0.2, 0.25) is 0 Å². The van der Waals surface area contributed by atoms with Crippen LogP contribution in [0.5, 0.6) is 0 Å². The smallest absolute Gasteiger partial charge is 0.155 e. The van der Waals surface area contributed by atoms with Gasteiger partial charge in [-0.1, -0.05) is 6.92 Å². The van der Waals surface area contributed by atoms with Crippen LogP contribution >= 0.6 is 0 Å². The van der Waals surface area contributed by atoms with Gasteiger partial charge in [-0.3, -0.25) is 0 Å². The Balaban J connectivity index is 2.35. The van der Waals surface area contributed by atoms with Gasteiger partial charge in [-0.15, -0.1) is 0 Å². The first-order valence-electron chi connectivity index (χ1n) is 3.66. The molecule has 0 aromatic heterocycles. The summed E-state index contributed by atoms with van der Waals surface area (Å²) >= 11 is 0. The minimum absolute atomic E-state index is 0.0153. The molecule has 3 heteroatoms. The zero-order valence-electron chi connectivity index (χ0n) is 6.16. The highest BCUT2D eigenvalue weighted by atomic mass is 16.6. The van der Waals surface area contributed by atoms with E-state index < -0.39 is 6.29 Å². The maximum atomic E-state index is 9.05. The molecule has 0 amide bonds. The zero-order valence-corrected chi connectivity index (χ0v) is 6.16. The Morgan fingerprint density at radius 1 is 1.50 bits per heavy atom. The molecule has 0 bridgehead atoms. The van der Waals surface area contributed by atoms with E-state index in [4.69, 9.17) is 14.9 Å². The fourth-order valence-electron chi connectivity index (χ4n) is 1.34. The fourth-order valence-corrected chi connectivity index (χ4v) is 1.34. The van der Waals surface area contributed by atoms with Crippen LogP contribution in [-0.4, -0.2) is 29.2 Å². The minimum Gasteiger partial charge on any atom is -0.394 e.